The average Bonchev–Trinajstić information content (AvgIpc) is 3.62. The van der Waals surface area contributed by atoms with Crippen LogP contribution in [0, 0.1) is 5.92 Å². The molecule has 1 saturated carbocycles. The van der Waals surface area contributed by atoms with Crippen molar-refractivity contribution in [1.29, 1.82) is 0 Å². The molecule has 1 unspecified atom stereocenters. The topological polar surface area (TPSA) is 68.1 Å². The Kier molecular flexibility index (Phi) is 5.93. The van der Waals surface area contributed by atoms with E-state index in [1.54, 1.807) is 10.8 Å². The Morgan fingerprint density at radius 3 is 2.60 bits per heavy atom. The van der Waals surface area contributed by atoms with Crippen molar-refractivity contribution in [2.45, 2.75) is 52.1 Å². The van der Waals surface area contributed by atoms with E-state index in [1.165, 1.54) is 0 Å². The number of para-hydroxylation sites is 1. The van der Waals surface area contributed by atoms with E-state index >= 15 is 0 Å². The first kappa shape index (κ1) is 20.3. The van der Waals surface area contributed by atoms with Gasteiger partial charge in [-0.25, -0.2) is 4.98 Å². The minimum Gasteiger partial charge on any atom is -0.332 e. The molecule has 30 heavy (non-hydrogen) atoms. The second kappa shape index (κ2) is 8.78. The molecule has 0 bridgehead atoms. The van der Waals surface area contributed by atoms with Gasteiger partial charge in [0.15, 0.2) is 0 Å². The maximum Gasteiger partial charge on any atom is 0.261 e. The van der Waals surface area contributed by atoms with Crippen molar-refractivity contribution in [3.05, 3.63) is 70.5 Å². The van der Waals surface area contributed by atoms with Gasteiger partial charge in [0, 0.05) is 37.3 Å². The van der Waals surface area contributed by atoms with Crippen LogP contribution in [0.5, 0.6) is 0 Å². The molecule has 3 aromatic rings. The van der Waals surface area contributed by atoms with Crippen molar-refractivity contribution in [3.63, 3.8) is 0 Å². The molecule has 6 heteroatoms. The minimum atomic E-state index is -0.237. The lowest BCUT2D eigenvalue weighted by Crippen LogP contribution is -2.40. The number of aromatic nitrogens is 3. The van der Waals surface area contributed by atoms with Gasteiger partial charge >= 0.3 is 0 Å². The number of fused-ring (bicyclic) bond motifs is 1. The molecule has 0 saturated heterocycles. The predicted molar refractivity (Wildman–Crippen MR) is 117 cm³/mol. The number of hydrogen-bond donors (Lipinski definition) is 0. The zero-order chi connectivity index (χ0) is 21.1. The lowest BCUT2D eigenvalue weighted by molar-refractivity contribution is -0.135. The third-order valence-corrected chi connectivity index (χ3v) is 5.81. The van der Waals surface area contributed by atoms with Crippen molar-refractivity contribution >= 4 is 16.8 Å². The second-order valence-electron chi connectivity index (χ2n) is 7.84. The average molecular weight is 405 g/mol. The van der Waals surface area contributed by atoms with Gasteiger partial charge < -0.3 is 4.90 Å². The molecule has 1 aliphatic carbocycles. The smallest absolute Gasteiger partial charge is 0.261 e. The zero-order valence-corrected chi connectivity index (χ0v) is 17.6. The molecule has 1 aliphatic rings. The molecular formula is C24H28N4O2. The number of amides is 1. The number of nitrogens with zero attached hydrogens (tertiary/aromatic N) is 4. The number of carbonyl (C=O) groups excluding carboxylic acids is 1. The van der Waals surface area contributed by atoms with E-state index < -0.39 is 0 Å². The highest BCUT2D eigenvalue weighted by molar-refractivity contribution is 5.82. The fraction of sp³-hybridized carbons (Fsp3) is 0.417. The summed E-state index contributed by atoms with van der Waals surface area (Å²) in [6, 6.07) is 13.0. The van der Waals surface area contributed by atoms with Crippen molar-refractivity contribution in [1.82, 2.24) is 19.4 Å². The number of carbonyl (C=O) groups is 1. The fourth-order valence-corrected chi connectivity index (χ4v) is 4.05. The molecular weight excluding hydrogens is 376 g/mol. The molecule has 0 N–H and O–H groups in total. The standard InChI is InChI=1S/C24H28N4O2/c1-3-21(22-26-20-11-6-5-10-19(20)24(30)27(22)4-2)28(23(29)17-12-13-17)16-14-18-9-7-8-15-25-18/h5-11,15,17,21H,3-4,12-14,16H2,1-2H3. The predicted octanol–water partition coefficient (Wildman–Crippen LogP) is 3.74. The van der Waals surface area contributed by atoms with Crippen LogP contribution in [0.1, 0.15) is 50.7 Å². The Bertz CT molecular complexity index is 1090. The van der Waals surface area contributed by atoms with Crippen LogP contribution in [-0.2, 0) is 17.8 Å². The Balaban J connectivity index is 1.74. The van der Waals surface area contributed by atoms with Gasteiger partial charge in [0.1, 0.15) is 5.82 Å². The van der Waals surface area contributed by atoms with Crippen LogP contribution in [0.2, 0.25) is 0 Å². The highest BCUT2D eigenvalue weighted by atomic mass is 16.2. The Morgan fingerprint density at radius 2 is 1.93 bits per heavy atom. The Hall–Kier alpha value is -3.02. The normalized spacial score (nSPS) is 14.6. The van der Waals surface area contributed by atoms with Crippen LogP contribution in [0.15, 0.2) is 53.5 Å². The third kappa shape index (κ3) is 3.99. The largest absolute Gasteiger partial charge is 0.332 e. The van der Waals surface area contributed by atoms with Crippen LogP contribution < -0.4 is 5.56 Å². The van der Waals surface area contributed by atoms with Crippen LogP contribution in [0.3, 0.4) is 0 Å². The summed E-state index contributed by atoms with van der Waals surface area (Å²) in [6.45, 7) is 5.10. The molecule has 2 heterocycles. The monoisotopic (exact) mass is 404 g/mol. The highest BCUT2D eigenvalue weighted by Crippen LogP contribution is 2.35. The molecule has 0 aliphatic heterocycles. The molecule has 0 spiro atoms. The number of pyridine rings is 1. The molecule has 4 rings (SSSR count). The Morgan fingerprint density at radius 1 is 1.17 bits per heavy atom. The number of benzene rings is 1. The van der Waals surface area contributed by atoms with Gasteiger partial charge in [-0.15, -0.1) is 0 Å². The minimum absolute atomic E-state index is 0.0416. The van der Waals surface area contributed by atoms with Gasteiger partial charge in [-0.2, -0.15) is 0 Å². The van der Waals surface area contributed by atoms with E-state index in [9.17, 15) is 9.59 Å². The van der Waals surface area contributed by atoms with Gasteiger partial charge in [0.25, 0.3) is 5.56 Å². The summed E-state index contributed by atoms with van der Waals surface area (Å²) >= 11 is 0. The van der Waals surface area contributed by atoms with Crippen LogP contribution in [-0.4, -0.2) is 31.9 Å². The van der Waals surface area contributed by atoms with E-state index in [0.717, 1.165) is 18.5 Å². The van der Waals surface area contributed by atoms with Crippen LogP contribution in [0.25, 0.3) is 10.9 Å². The van der Waals surface area contributed by atoms with Crippen LogP contribution >= 0.6 is 0 Å². The van der Waals surface area contributed by atoms with Gasteiger partial charge in [-0.3, -0.25) is 19.1 Å². The van der Waals surface area contributed by atoms with E-state index in [-0.39, 0.29) is 23.4 Å². The summed E-state index contributed by atoms with van der Waals surface area (Å²) < 4.78 is 1.73. The molecule has 2 aromatic heterocycles. The molecule has 1 aromatic carbocycles. The summed E-state index contributed by atoms with van der Waals surface area (Å²) in [4.78, 5) is 37.6. The SMILES string of the molecule is CCC(c1nc2ccccc2c(=O)n1CC)N(CCc1ccccn1)C(=O)C1CC1. The lowest BCUT2D eigenvalue weighted by atomic mass is 10.1. The summed E-state index contributed by atoms with van der Waals surface area (Å²) in [6.07, 6.45) is 5.05. The van der Waals surface area contributed by atoms with Crippen molar-refractivity contribution in [2.75, 3.05) is 6.54 Å². The van der Waals surface area contributed by atoms with Gasteiger partial charge in [-0.1, -0.05) is 25.1 Å². The first-order valence-electron chi connectivity index (χ1n) is 10.8. The maximum atomic E-state index is 13.2. The fourth-order valence-electron chi connectivity index (χ4n) is 4.05. The van der Waals surface area contributed by atoms with E-state index in [2.05, 4.69) is 11.9 Å². The lowest BCUT2D eigenvalue weighted by Gasteiger charge is -2.32. The second-order valence-corrected chi connectivity index (χ2v) is 7.84. The summed E-state index contributed by atoms with van der Waals surface area (Å²) in [5.74, 6) is 0.951. The molecule has 6 nitrogen and oxygen atoms in total. The number of rotatable bonds is 8. The molecule has 1 fully saturated rings. The quantitative estimate of drug-likeness (QED) is 0.573. The van der Waals surface area contributed by atoms with E-state index in [1.807, 2.05) is 54.3 Å². The first-order chi connectivity index (χ1) is 14.6. The van der Waals surface area contributed by atoms with Crippen molar-refractivity contribution in [2.24, 2.45) is 5.92 Å². The molecule has 0 radical (unpaired) electrons. The summed E-state index contributed by atoms with van der Waals surface area (Å²) in [5, 5.41) is 0.617. The number of hydrogen-bond acceptors (Lipinski definition) is 4. The van der Waals surface area contributed by atoms with E-state index in [0.29, 0.717) is 42.7 Å². The zero-order valence-electron chi connectivity index (χ0n) is 17.6. The summed E-state index contributed by atoms with van der Waals surface area (Å²) in [5.41, 5.74) is 1.60. The first-order valence-corrected chi connectivity index (χ1v) is 10.8. The van der Waals surface area contributed by atoms with Crippen LogP contribution in [0.4, 0.5) is 0 Å². The van der Waals surface area contributed by atoms with E-state index in [4.69, 9.17) is 4.98 Å². The molecule has 1 atom stereocenters. The van der Waals surface area contributed by atoms with Gasteiger partial charge in [0.05, 0.1) is 16.9 Å². The Labute approximate surface area is 176 Å². The van der Waals surface area contributed by atoms with Crippen molar-refractivity contribution < 1.29 is 4.79 Å². The van der Waals surface area contributed by atoms with Gasteiger partial charge in [0.2, 0.25) is 5.91 Å². The molecule has 1 amide bonds. The van der Waals surface area contributed by atoms with Crippen molar-refractivity contribution in [3.8, 4) is 0 Å². The third-order valence-electron chi connectivity index (χ3n) is 5.81. The highest BCUT2D eigenvalue weighted by Gasteiger charge is 2.37. The summed E-state index contributed by atoms with van der Waals surface area (Å²) in [7, 11) is 0. The maximum absolute atomic E-state index is 13.2. The van der Waals surface area contributed by atoms with Gasteiger partial charge in [-0.05, 0) is 50.5 Å². The molecule has 156 valence electrons.